The van der Waals surface area contributed by atoms with Crippen molar-refractivity contribution in [2.24, 2.45) is 0 Å². The van der Waals surface area contributed by atoms with Gasteiger partial charge in [0.2, 0.25) is 0 Å². The van der Waals surface area contributed by atoms with E-state index in [2.05, 4.69) is 0 Å². The fourth-order valence-electron chi connectivity index (χ4n) is 1.18. The Morgan fingerprint density at radius 1 is 0.684 bits per heavy atom. The first kappa shape index (κ1) is 18.7. The molecule has 0 bridgehead atoms. The Hall–Kier alpha value is -0.320. The maximum atomic E-state index is 12.5. The number of halogens is 9. The molecule has 0 heterocycles. The van der Waals surface area contributed by atoms with Crippen LogP contribution in [-0.4, -0.2) is 40.7 Å². The minimum Gasteiger partial charge on any atom is -0.250 e. The Bertz CT molecular complexity index is 252. The van der Waals surface area contributed by atoms with Crippen molar-refractivity contribution in [3.05, 3.63) is 0 Å². The number of nitrogens with zero attached hydrogens (tertiary/aromatic N) is 1. The van der Waals surface area contributed by atoms with Crippen molar-refractivity contribution in [3.8, 4) is 0 Å². The van der Waals surface area contributed by atoms with Gasteiger partial charge in [-0.3, -0.25) is 0 Å². The molecule has 19 heavy (non-hydrogen) atoms. The number of rotatable bonds is 4. The second-order valence-electron chi connectivity index (χ2n) is 3.38. The van der Waals surface area contributed by atoms with Gasteiger partial charge in [0, 0.05) is 13.1 Å². The summed E-state index contributed by atoms with van der Waals surface area (Å²) in [4.78, 5) is 0. The molecule has 1 nitrogen and oxygen atoms in total. The molecule has 0 N–H and O–H groups in total. The first-order valence-corrected chi connectivity index (χ1v) is 5.66. The van der Waals surface area contributed by atoms with Crippen molar-refractivity contribution in [1.82, 2.24) is 4.31 Å². The van der Waals surface area contributed by atoms with Crippen molar-refractivity contribution in [2.45, 2.75) is 37.1 Å². The summed E-state index contributed by atoms with van der Waals surface area (Å²) in [6.45, 7) is 1.52. The summed E-state index contributed by atoms with van der Waals surface area (Å²) in [5.41, 5.74) is 0. The SMILES string of the molecule is CCN(CC)SC(C(F)(F)F)(C(F)(F)F)C(F)(F)F. The quantitative estimate of drug-likeness (QED) is 0.557. The Kier molecular flexibility index (Phi) is 5.49. The number of alkyl halides is 9. The van der Waals surface area contributed by atoms with Gasteiger partial charge in [-0.2, -0.15) is 39.5 Å². The van der Waals surface area contributed by atoms with Gasteiger partial charge in [-0.05, 0) is 11.9 Å². The minimum absolute atomic E-state index is 0.356. The van der Waals surface area contributed by atoms with Crippen LogP contribution in [0.3, 0.4) is 0 Å². The van der Waals surface area contributed by atoms with Crippen LogP contribution in [0.4, 0.5) is 39.5 Å². The molecule has 0 fully saturated rings. The van der Waals surface area contributed by atoms with E-state index in [0.29, 0.717) is 4.31 Å². The van der Waals surface area contributed by atoms with Crippen LogP contribution >= 0.6 is 11.9 Å². The Balaban J connectivity index is 5.96. The van der Waals surface area contributed by atoms with Crippen LogP contribution in [0.5, 0.6) is 0 Å². The molecule has 0 aliphatic rings. The van der Waals surface area contributed by atoms with Crippen molar-refractivity contribution in [3.63, 3.8) is 0 Å². The molecule has 0 rings (SSSR count). The second-order valence-corrected chi connectivity index (χ2v) is 4.69. The van der Waals surface area contributed by atoms with Gasteiger partial charge >= 0.3 is 23.3 Å². The molecule has 0 saturated heterocycles. The molecule has 0 spiro atoms. The summed E-state index contributed by atoms with van der Waals surface area (Å²) in [6, 6.07) is 0. The summed E-state index contributed by atoms with van der Waals surface area (Å²) in [6.07, 6.45) is -19.6. The van der Waals surface area contributed by atoms with Crippen LogP contribution < -0.4 is 0 Å². The lowest BCUT2D eigenvalue weighted by molar-refractivity contribution is -0.345. The summed E-state index contributed by atoms with van der Waals surface area (Å²) in [7, 11) is 0. The zero-order chi connectivity index (χ0) is 15.7. The maximum absolute atomic E-state index is 12.5. The van der Waals surface area contributed by atoms with Gasteiger partial charge < -0.3 is 0 Å². The monoisotopic (exact) mass is 323 g/mol. The third-order valence-electron chi connectivity index (χ3n) is 2.17. The highest BCUT2D eigenvalue weighted by molar-refractivity contribution is 7.98. The third kappa shape index (κ3) is 3.41. The molecule has 0 aliphatic heterocycles. The van der Waals surface area contributed by atoms with Gasteiger partial charge in [0.1, 0.15) is 0 Å². The molecule has 0 amide bonds. The highest BCUT2D eigenvalue weighted by Crippen LogP contribution is 2.60. The van der Waals surface area contributed by atoms with Crippen molar-refractivity contribution in [1.29, 1.82) is 0 Å². The Labute approximate surface area is 107 Å². The number of hydrogen-bond donors (Lipinski definition) is 0. The molecular formula is C8H10F9NS. The van der Waals surface area contributed by atoms with Gasteiger partial charge in [-0.1, -0.05) is 13.8 Å². The third-order valence-corrected chi connectivity index (χ3v) is 3.91. The van der Waals surface area contributed by atoms with Crippen LogP contribution in [0.15, 0.2) is 0 Å². The van der Waals surface area contributed by atoms with E-state index in [4.69, 9.17) is 0 Å². The molecule has 0 unspecified atom stereocenters. The predicted molar refractivity (Wildman–Crippen MR) is 51.4 cm³/mol. The molecule has 0 aromatic carbocycles. The lowest BCUT2D eigenvalue weighted by atomic mass is 10.1. The van der Waals surface area contributed by atoms with E-state index >= 15 is 0 Å². The molecular weight excluding hydrogens is 313 g/mol. The lowest BCUT2D eigenvalue weighted by Crippen LogP contribution is -2.64. The standard InChI is InChI=1S/C8H10F9NS/c1-3-18(4-2)19-5(6(9,10)11,7(12,13)14)8(15,16)17/h3-4H2,1-2H3. The molecule has 0 aromatic rings. The van der Waals surface area contributed by atoms with E-state index in [1.54, 1.807) is 0 Å². The lowest BCUT2D eigenvalue weighted by Gasteiger charge is -2.40. The van der Waals surface area contributed by atoms with E-state index in [1.165, 1.54) is 0 Å². The highest BCUT2D eigenvalue weighted by Gasteiger charge is 2.85. The molecule has 0 saturated carbocycles. The summed E-state index contributed by atoms with van der Waals surface area (Å²) in [5.74, 6) is 0. The van der Waals surface area contributed by atoms with Crippen LogP contribution in [-0.2, 0) is 0 Å². The zero-order valence-corrected chi connectivity index (χ0v) is 10.5. The van der Waals surface area contributed by atoms with E-state index in [-0.39, 0.29) is 0 Å². The molecule has 0 radical (unpaired) electrons. The summed E-state index contributed by atoms with van der Waals surface area (Å²) >= 11 is -1.28. The fourth-order valence-corrected chi connectivity index (χ4v) is 2.14. The normalized spacial score (nSPS) is 15.2. The molecule has 116 valence electrons. The fraction of sp³-hybridized carbons (Fsp3) is 1.00. The smallest absolute Gasteiger partial charge is 0.250 e. The Morgan fingerprint density at radius 3 is 1.11 bits per heavy atom. The average molecular weight is 323 g/mol. The van der Waals surface area contributed by atoms with Gasteiger partial charge in [-0.25, -0.2) is 4.31 Å². The highest BCUT2D eigenvalue weighted by atomic mass is 32.2. The largest absolute Gasteiger partial charge is 0.422 e. The predicted octanol–water partition coefficient (Wildman–Crippen LogP) is 4.40. The molecule has 0 aliphatic carbocycles. The van der Waals surface area contributed by atoms with E-state index in [9.17, 15) is 39.5 Å². The van der Waals surface area contributed by atoms with Crippen LogP contribution in [0.1, 0.15) is 13.8 Å². The Morgan fingerprint density at radius 2 is 0.947 bits per heavy atom. The van der Waals surface area contributed by atoms with E-state index < -0.39 is 48.3 Å². The topological polar surface area (TPSA) is 3.24 Å². The number of hydrogen-bond acceptors (Lipinski definition) is 2. The molecule has 11 heteroatoms. The van der Waals surface area contributed by atoms with Gasteiger partial charge in [0.25, 0.3) is 0 Å². The minimum atomic E-state index is -6.52. The van der Waals surface area contributed by atoms with Gasteiger partial charge in [-0.15, -0.1) is 0 Å². The average Bonchev–Trinajstić information content (AvgIpc) is 2.13. The first-order chi connectivity index (χ1) is 8.24. The van der Waals surface area contributed by atoms with E-state index in [0.717, 1.165) is 13.8 Å². The van der Waals surface area contributed by atoms with Crippen LogP contribution in [0.2, 0.25) is 0 Å². The van der Waals surface area contributed by atoms with E-state index in [1.807, 2.05) is 0 Å². The molecule has 0 aromatic heterocycles. The second kappa shape index (κ2) is 5.58. The summed E-state index contributed by atoms with van der Waals surface area (Å²) < 4.78 is 107. The summed E-state index contributed by atoms with van der Waals surface area (Å²) in [5, 5.41) is 0. The maximum Gasteiger partial charge on any atom is 0.422 e. The van der Waals surface area contributed by atoms with Crippen molar-refractivity contribution in [2.75, 3.05) is 13.1 Å². The zero-order valence-electron chi connectivity index (χ0n) is 9.67. The van der Waals surface area contributed by atoms with Crippen molar-refractivity contribution < 1.29 is 39.5 Å². The van der Waals surface area contributed by atoms with Crippen LogP contribution in [0, 0.1) is 0 Å². The van der Waals surface area contributed by atoms with Gasteiger partial charge in [0.05, 0.1) is 0 Å². The van der Waals surface area contributed by atoms with Crippen molar-refractivity contribution >= 4 is 11.9 Å². The molecule has 0 atom stereocenters. The van der Waals surface area contributed by atoms with Gasteiger partial charge in [0.15, 0.2) is 0 Å². The van der Waals surface area contributed by atoms with Crippen LogP contribution in [0.25, 0.3) is 0 Å². The first-order valence-electron chi connectivity index (χ1n) is 4.88.